The minimum Gasteiger partial charge on any atom is -0.457 e. The quantitative estimate of drug-likeness (QED) is 0.360. The van der Waals surface area contributed by atoms with E-state index in [0.717, 1.165) is 5.56 Å². The minimum atomic E-state index is -0.464. The summed E-state index contributed by atoms with van der Waals surface area (Å²) < 4.78 is 5.59. The first-order valence-electron chi connectivity index (χ1n) is 5.33. The summed E-state index contributed by atoms with van der Waals surface area (Å²) in [6.45, 7) is 5.12. The molecule has 6 heteroatoms. The van der Waals surface area contributed by atoms with E-state index >= 15 is 0 Å². The van der Waals surface area contributed by atoms with Gasteiger partial charge in [-0.25, -0.2) is 4.79 Å². The van der Waals surface area contributed by atoms with E-state index in [9.17, 15) is 14.9 Å². The zero-order valence-corrected chi connectivity index (χ0v) is 11.8. The molecule has 0 radical (unpaired) electrons. The Balaban J connectivity index is 2.66. The zero-order chi connectivity index (χ0) is 14.4. The van der Waals surface area contributed by atoms with E-state index in [1.807, 2.05) is 0 Å². The summed E-state index contributed by atoms with van der Waals surface area (Å²) in [4.78, 5) is 21.2. The number of halogens is 1. The molecule has 0 aliphatic carbocycles. The van der Waals surface area contributed by atoms with E-state index in [0.29, 0.717) is 10.1 Å². The highest BCUT2D eigenvalue weighted by Gasteiger charge is 2.05. The number of nitro groups is 1. The molecule has 0 spiro atoms. The Morgan fingerprint density at radius 2 is 2.05 bits per heavy atom. The summed E-state index contributed by atoms with van der Waals surface area (Å²) in [5, 5.41) is 10.5. The molecular formula is C13H12BrNO4. The lowest BCUT2D eigenvalue weighted by molar-refractivity contribution is -0.384. The van der Waals surface area contributed by atoms with Crippen LogP contribution in [0.25, 0.3) is 6.08 Å². The van der Waals surface area contributed by atoms with Gasteiger partial charge >= 0.3 is 5.97 Å². The number of rotatable bonds is 5. The molecule has 0 fully saturated rings. The Hall–Kier alpha value is -1.95. The maximum atomic E-state index is 11.2. The normalized spacial score (nSPS) is 10.9. The average molecular weight is 326 g/mol. The molecule has 0 aromatic heterocycles. The Bertz CT molecular complexity index is 534. The van der Waals surface area contributed by atoms with Crippen molar-refractivity contribution < 1.29 is 14.5 Å². The summed E-state index contributed by atoms with van der Waals surface area (Å²) in [5.41, 5.74) is 1.13. The second-order valence-electron chi connectivity index (χ2n) is 3.80. The van der Waals surface area contributed by atoms with Gasteiger partial charge < -0.3 is 4.74 Å². The third-order valence-corrected chi connectivity index (χ3v) is 2.57. The number of carbonyl (C=O) groups is 1. The van der Waals surface area contributed by atoms with Crippen molar-refractivity contribution in [3.8, 4) is 0 Å². The summed E-state index contributed by atoms with van der Waals surface area (Å²) in [6, 6.07) is 6.04. The Morgan fingerprint density at radius 1 is 1.47 bits per heavy atom. The number of hydrogen-bond acceptors (Lipinski definition) is 4. The highest BCUT2D eigenvalue weighted by molar-refractivity contribution is 9.11. The second-order valence-corrected chi connectivity index (χ2v) is 4.81. The summed E-state index contributed by atoms with van der Waals surface area (Å²) in [6.07, 6.45) is 1.72. The zero-order valence-electron chi connectivity index (χ0n) is 10.3. The number of nitrogens with zero attached hydrogens (tertiary/aromatic N) is 1. The lowest BCUT2D eigenvalue weighted by atomic mass is 10.2. The molecular weight excluding hydrogens is 314 g/mol. The van der Waals surface area contributed by atoms with Crippen molar-refractivity contribution >= 4 is 33.7 Å². The number of non-ortho nitro benzene ring substituents is 1. The third-order valence-electron chi connectivity index (χ3n) is 2.12. The topological polar surface area (TPSA) is 69.4 Å². The molecule has 100 valence electrons. The van der Waals surface area contributed by atoms with Crippen molar-refractivity contribution in [2.75, 3.05) is 6.61 Å². The first-order chi connectivity index (χ1) is 8.90. The van der Waals surface area contributed by atoms with Gasteiger partial charge in [0.05, 0.1) is 4.92 Å². The van der Waals surface area contributed by atoms with Gasteiger partial charge in [0.2, 0.25) is 0 Å². The largest absolute Gasteiger partial charge is 0.457 e. The smallest absolute Gasteiger partial charge is 0.333 e. The lowest BCUT2D eigenvalue weighted by Gasteiger charge is -2.03. The molecule has 0 amide bonds. The number of nitro benzene ring substituents is 1. The number of carbonyl (C=O) groups excluding carboxylic acids is 1. The fourth-order valence-corrected chi connectivity index (χ4v) is 1.55. The van der Waals surface area contributed by atoms with Gasteiger partial charge in [-0.3, -0.25) is 10.1 Å². The van der Waals surface area contributed by atoms with Crippen LogP contribution in [0.3, 0.4) is 0 Å². The molecule has 19 heavy (non-hydrogen) atoms. The fraction of sp³-hybridized carbons (Fsp3) is 0.154. The van der Waals surface area contributed by atoms with Crippen molar-refractivity contribution in [1.29, 1.82) is 0 Å². The fourth-order valence-electron chi connectivity index (χ4n) is 1.17. The maximum Gasteiger partial charge on any atom is 0.333 e. The van der Waals surface area contributed by atoms with Crippen LogP contribution in [0.1, 0.15) is 12.5 Å². The molecule has 0 atom stereocenters. The standard InChI is InChI=1S/C13H12BrNO4/c1-9(2)13(16)19-8-11(14)7-10-3-5-12(6-4-10)15(17)18/h3-7H,1,8H2,2H3/b11-7-. The van der Waals surface area contributed by atoms with Crippen LogP contribution in [0.4, 0.5) is 5.69 Å². The minimum absolute atomic E-state index is 0.0296. The molecule has 1 aromatic rings. The van der Waals surface area contributed by atoms with Crippen LogP contribution >= 0.6 is 15.9 Å². The van der Waals surface area contributed by atoms with Crippen LogP contribution in [0.2, 0.25) is 0 Å². The van der Waals surface area contributed by atoms with Crippen LogP contribution in [-0.4, -0.2) is 17.5 Å². The predicted octanol–water partition coefficient (Wildman–Crippen LogP) is 3.45. The number of hydrogen-bond donors (Lipinski definition) is 0. The molecule has 0 N–H and O–H groups in total. The summed E-state index contributed by atoms with van der Waals surface area (Å²) in [7, 11) is 0. The van der Waals surface area contributed by atoms with Gasteiger partial charge in [-0.15, -0.1) is 0 Å². The van der Waals surface area contributed by atoms with Crippen molar-refractivity contribution in [3.05, 3.63) is 56.6 Å². The molecule has 0 heterocycles. The Morgan fingerprint density at radius 3 is 2.53 bits per heavy atom. The highest BCUT2D eigenvalue weighted by Crippen LogP contribution is 2.17. The molecule has 0 saturated heterocycles. The van der Waals surface area contributed by atoms with Crippen molar-refractivity contribution in [1.82, 2.24) is 0 Å². The molecule has 0 saturated carbocycles. The molecule has 0 unspecified atom stereocenters. The van der Waals surface area contributed by atoms with Gasteiger partial charge in [-0.05, 0) is 30.7 Å². The van der Waals surface area contributed by atoms with E-state index < -0.39 is 10.9 Å². The predicted molar refractivity (Wildman–Crippen MR) is 75.8 cm³/mol. The van der Waals surface area contributed by atoms with Gasteiger partial charge in [0, 0.05) is 22.2 Å². The van der Waals surface area contributed by atoms with Gasteiger partial charge in [0.15, 0.2) is 0 Å². The first kappa shape index (κ1) is 15.1. The van der Waals surface area contributed by atoms with Crippen LogP contribution in [-0.2, 0) is 9.53 Å². The Labute approximate surface area is 118 Å². The molecule has 5 nitrogen and oxygen atoms in total. The van der Waals surface area contributed by atoms with Crippen molar-refractivity contribution in [3.63, 3.8) is 0 Å². The molecule has 0 aliphatic heterocycles. The van der Waals surface area contributed by atoms with Crippen LogP contribution < -0.4 is 0 Å². The molecule has 1 rings (SSSR count). The summed E-state index contributed by atoms with van der Waals surface area (Å²) in [5.74, 6) is -0.464. The Kier molecular flexibility index (Phi) is 5.44. The molecule has 0 bridgehead atoms. The van der Waals surface area contributed by atoms with E-state index in [1.165, 1.54) is 12.1 Å². The monoisotopic (exact) mass is 325 g/mol. The van der Waals surface area contributed by atoms with E-state index in [-0.39, 0.29) is 12.3 Å². The maximum absolute atomic E-state index is 11.2. The van der Waals surface area contributed by atoms with E-state index in [1.54, 1.807) is 25.1 Å². The number of ether oxygens (including phenoxy) is 1. The first-order valence-corrected chi connectivity index (χ1v) is 6.12. The average Bonchev–Trinajstić information content (AvgIpc) is 2.36. The van der Waals surface area contributed by atoms with Crippen LogP contribution in [0.15, 0.2) is 40.9 Å². The third kappa shape index (κ3) is 5.05. The molecule has 0 aliphatic rings. The van der Waals surface area contributed by atoms with Crippen LogP contribution in [0.5, 0.6) is 0 Å². The number of benzene rings is 1. The van der Waals surface area contributed by atoms with Gasteiger partial charge in [0.25, 0.3) is 5.69 Å². The summed E-state index contributed by atoms with van der Waals surface area (Å²) >= 11 is 3.26. The van der Waals surface area contributed by atoms with Gasteiger partial charge in [-0.2, -0.15) is 0 Å². The van der Waals surface area contributed by atoms with E-state index in [4.69, 9.17) is 4.74 Å². The highest BCUT2D eigenvalue weighted by atomic mass is 79.9. The van der Waals surface area contributed by atoms with E-state index in [2.05, 4.69) is 22.5 Å². The van der Waals surface area contributed by atoms with Gasteiger partial charge in [0.1, 0.15) is 6.61 Å². The second kappa shape index (κ2) is 6.84. The lowest BCUT2D eigenvalue weighted by Crippen LogP contribution is -2.05. The van der Waals surface area contributed by atoms with Crippen LogP contribution in [0, 0.1) is 10.1 Å². The van der Waals surface area contributed by atoms with Crippen molar-refractivity contribution in [2.45, 2.75) is 6.92 Å². The van der Waals surface area contributed by atoms with Gasteiger partial charge in [-0.1, -0.05) is 22.5 Å². The number of esters is 1. The SMILES string of the molecule is C=C(C)C(=O)OC/C(Br)=C/c1ccc([N+](=O)[O-])cc1. The van der Waals surface area contributed by atoms with Crippen molar-refractivity contribution in [2.24, 2.45) is 0 Å². The molecule has 1 aromatic carbocycles.